The average Bonchev–Trinajstić information content (AvgIpc) is 2.36. The van der Waals surface area contributed by atoms with Gasteiger partial charge in [-0.25, -0.2) is 0 Å². The van der Waals surface area contributed by atoms with E-state index in [1.54, 1.807) is 0 Å². The van der Waals surface area contributed by atoms with Crippen molar-refractivity contribution in [2.75, 3.05) is 0 Å². The molecular weight excluding hydrogens is 236 g/mol. The predicted molar refractivity (Wildman–Crippen MR) is 82.5 cm³/mol. The standard InChI is InChI=1S/C17H34O2/c1-3-13-16(2)14-11-9-7-5-4-6-8-10-12-15-17(18)19/h16H,3-15H2,1-2H3,(H,18,19). The third-order valence-electron chi connectivity index (χ3n) is 3.87. The van der Waals surface area contributed by atoms with E-state index >= 15 is 0 Å². The molecule has 0 aromatic rings. The molecule has 0 heterocycles. The number of hydrogen-bond acceptors (Lipinski definition) is 1. The van der Waals surface area contributed by atoms with Gasteiger partial charge in [0.2, 0.25) is 0 Å². The maximum atomic E-state index is 10.3. The molecule has 19 heavy (non-hydrogen) atoms. The van der Waals surface area contributed by atoms with E-state index in [9.17, 15) is 4.79 Å². The Hall–Kier alpha value is -0.530. The van der Waals surface area contributed by atoms with Crippen LogP contribution in [0, 0.1) is 5.92 Å². The highest BCUT2D eigenvalue weighted by atomic mass is 16.4. The molecule has 0 amide bonds. The van der Waals surface area contributed by atoms with Gasteiger partial charge in [-0.15, -0.1) is 0 Å². The molecule has 0 aliphatic rings. The number of aliphatic carboxylic acids is 1. The number of carboxylic acids is 1. The molecule has 0 bridgehead atoms. The first-order chi connectivity index (χ1) is 9.16. The number of hydrogen-bond donors (Lipinski definition) is 1. The van der Waals surface area contributed by atoms with Gasteiger partial charge in [0, 0.05) is 6.42 Å². The van der Waals surface area contributed by atoms with Gasteiger partial charge >= 0.3 is 5.97 Å². The van der Waals surface area contributed by atoms with Crippen LogP contribution in [0.1, 0.15) is 97.3 Å². The van der Waals surface area contributed by atoms with Gasteiger partial charge in [0.25, 0.3) is 0 Å². The SMILES string of the molecule is CCCC(C)CCCCCCCCCCCC(=O)O. The van der Waals surface area contributed by atoms with Gasteiger partial charge in [-0.2, -0.15) is 0 Å². The van der Waals surface area contributed by atoms with E-state index in [0.717, 1.165) is 18.8 Å². The first-order valence-electron chi connectivity index (χ1n) is 8.38. The molecule has 0 spiro atoms. The van der Waals surface area contributed by atoms with Crippen LogP contribution in [0.4, 0.5) is 0 Å². The summed E-state index contributed by atoms with van der Waals surface area (Å²) >= 11 is 0. The highest BCUT2D eigenvalue weighted by molar-refractivity contribution is 5.66. The zero-order valence-corrected chi connectivity index (χ0v) is 13.1. The van der Waals surface area contributed by atoms with E-state index in [2.05, 4.69) is 13.8 Å². The summed E-state index contributed by atoms with van der Waals surface area (Å²) in [5.74, 6) is 0.261. The van der Waals surface area contributed by atoms with Crippen LogP contribution in [0.15, 0.2) is 0 Å². The summed E-state index contributed by atoms with van der Waals surface area (Å²) in [6.07, 6.45) is 15.8. The summed E-state index contributed by atoms with van der Waals surface area (Å²) in [5, 5.41) is 8.51. The van der Waals surface area contributed by atoms with E-state index in [-0.39, 0.29) is 0 Å². The minimum atomic E-state index is -0.655. The molecule has 0 fully saturated rings. The summed E-state index contributed by atoms with van der Waals surface area (Å²) in [6, 6.07) is 0. The Bertz CT molecular complexity index is 201. The fraction of sp³-hybridized carbons (Fsp3) is 0.941. The summed E-state index contributed by atoms with van der Waals surface area (Å²) in [4.78, 5) is 10.3. The topological polar surface area (TPSA) is 37.3 Å². The number of rotatable bonds is 14. The summed E-state index contributed by atoms with van der Waals surface area (Å²) < 4.78 is 0. The van der Waals surface area contributed by atoms with Gasteiger partial charge in [0.1, 0.15) is 0 Å². The van der Waals surface area contributed by atoms with Gasteiger partial charge < -0.3 is 5.11 Å². The summed E-state index contributed by atoms with van der Waals surface area (Å²) in [5.41, 5.74) is 0. The molecule has 2 heteroatoms. The Kier molecular flexibility index (Phi) is 13.5. The minimum Gasteiger partial charge on any atom is -0.481 e. The van der Waals surface area contributed by atoms with E-state index < -0.39 is 5.97 Å². The Morgan fingerprint density at radius 1 is 0.842 bits per heavy atom. The predicted octanol–water partition coefficient (Wildman–Crippen LogP) is 5.80. The van der Waals surface area contributed by atoms with E-state index in [1.807, 2.05) is 0 Å². The molecule has 0 aromatic carbocycles. The Morgan fingerprint density at radius 2 is 1.32 bits per heavy atom. The second kappa shape index (κ2) is 13.9. The van der Waals surface area contributed by atoms with Crippen LogP contribution in [0.5, 0.6) is 0 Å². The van der Waals surface area contributed by atoms with Crippen molar-refractivity contribution < 1.29 is 9.90 Å². The van der Waals surface area contributed by atoms with Crippen molar-refractivity contribution in [3.05, 3.63) is 0 Å². The van der Waals surface area contributed by atoms with Crippen molar-refractivity contribution in [1.82, 2.24) is 0 Å². The maximum Gasteiger partial charge on any atom is 0.303 e. The van der Waals surface area contributed by atoms with Crippen molar-refractivity contribution >= 4 is 5.97 Å². The first kappa shape index (κ1) is 18.5. The second-order valence-corrected chi connectivity index (χ2v) is 6.01. The fourth-order valence-corrected chi connectivity index (χ4v) is 2.64. The van der Waals surface area contributed by atoms with Crippen LogP contribution in [-0.4, -0.2) is 11.1 Å². The fourth-order valence-electron chi connectivity index (χ4n) is 2.64. The van der Waals surface area contributed by atoms with Crippen molar-refractivity contribution in [2.45, 2.75) is 97.3 Å². The zero-order valence-electron chi connectivity index (χ0n) is 13.1. The molecule has 0 aliphatic heterocycles. The molecule has 0 aromatic heterocycles. The molecule has 0 rings (SSSR count). The maximum absolute atomic E-state index is 10.3. The third kappa shape index (κ3) is 15.4. The quantitative estimate of drug-likeness (QED) is 0.405. The van der Waals surface area contributed by atoms with Gasteiger partial charge in [-0.3, -0.25) is 4.79 Å². The van der Waals surface area contributed by atoms with Crippen LogP contribution in [0.3, 0.4) is 0 Å². The number of unbranched alkanes of at least 4 members (excludes halogenated alkanes) is 8. The Labute approximate surface area is 120 Å². The van der Waals surface area contributed by atoms with Crippen LogP contribution in [-0.2, 0) is 4.79 Å². The third-order valence-corrected chi connectivity index (χ3v) is 3.87. The molecule has 0 radical (unpaired) electrons. The largest absolute Gasteiger partial charge is 0.481 e. The molecule has 0 saturated heterocycles. The lowest BCUT2D eigenvalue weighted by atomic mass is 9.98. The lowest BCUT2D eigenvalue weighted by molar-refractivity contribution is -0.137. The second-order valence-electron chi connectivity index (χ2n) is 6.01. The molecule has 1 atom stereocenters. The summed E-state index contributed by atoms with van der Waals surface area (Å²) in [7, 11) is 0. The van der Waals surface area contributed by atoms with Crippen LogP contribution >= 0.6 is 0 Å². The van der Waals surface area contributed by atoms with Crippen LogP contribution in [0.25, 0.3) is 0 Å². The monoisotopic (exact) mass is 270 g/mol. The molecule has 1 N–H and O–H groups in total. The minimum absolute atomic E-state index is 0.343. The van der Waals surface area contributed by atoms with Crippen molar-refractivity contribution in [1.29, 1.82) is 0 Å². The van der Waals surface area contributed by atoms with Crippen LogP contribution < -0.4 is 0 Å². The van der Waals surface area contributed by atoms with Gasteiger partial charge in [-0.1, -0.05) is 84.5 Å². The summed E-state index contributed by atoms with van der Waals surface area (Å²) in [6.45, 7) is 4.65. The van der Waals surface area contributed by atoms with Gasteiger partial charge in [-0.05, 0) is 12.3 Å². The molecule has 114 valence electrons. The van der Waals surface area contributed by atoms with Crippen molar-refractivity contribution in [3.63, 3.8) is 0 Å². The number of carbonyl (C=O) groups is 1. The van der Waals surface area contributed by atoms with Crippen LogP contribution in [0.2, 0.25) is 0 Å². The highest BCUT2D eigenvalue weighted by Crippen LogP contribution is 2.16. The van der Waals surface area contributed by atoms with Gasteiger partial charge in [0.15, 0.2) is 0 Å². The molecule has 2 nitrogen and oxygen atoms in total. The first-order valence-corrected chi connectivity index (χ1v) is 8.38. The van der Waals surface area contributed by atoms with Crippen molar-refractivity contribution in [2.24, 2.45) is 5.92 Å². The smallest absolute Gasteiger partial charge is 0.303 e. The molecular formula is C17H34O2. The molecule has 0 aliphatic carbocycles. The molecule has 1 unspecified atom stereocenters. The van der Waals surface area contributed by atoms with E-state index in [4.69, 9.17) is 5.11 Å². The van der Waals surface area contributed by atoms with Gasteiger partial charge in [0.05, 0.1) is 0 Å². The van der Waals surface area contributed by atoms with E-state index in [0.29, 0.717) is 6.42 Å². The van der Waals surface area contributed by atoms with E-state index in [1.165, 1.54) is 64.2 Å². The van der Waals surface area contributed by atoms with Crippen molar-refractivity contribution in [3.8, 4) is 0 Å². The lowest BCUT2D eigenvalue weighted by Gasteiger charge is -2.09. The number of carboxylic acid groups (broad SMARTS) is 1. The Balaban J connectivity index is 3.04. The zero-order chi connectivity index (χ0) is 14.3. The molecule has 0 saturated carbocycles. The average molecular weight is 270 g/mol. The Morgan fingerprint density at radius 3 is 1.79 bits per heavy atom. The normalized spacial score (nSPS) is 12.5. The highest BCUT2D eigenvalue weighted by Gasteiger charge is 2.00. The lowest BCUT2D eigenvalue weighted by Crippen LogP contribution is -1.94.